The van der Waals surface area contributed by atoms with Gasteiger partial charge in [0.25, 0.3) is 0 Å². The highest BCUT2D eigenvalue weighted by atomic mass is 35.5. The van der Waals surface area contributed by atoms with Crippen molar-refractivity contribution in [3.8, 4) is 0 Å². The van der Waals surface area contributed by atoms with Crippen molar-refractivity contribution in [3.05, 3.63) is 76.8 Å². The smallest absolute Gasteiger partial charge is 0.417 e. The monoisotopic (exact) mass is 534 g/mol. The van der Waals surface area contributed by atoms with Crippen LogP contribution in [0.5, 0.6) is 0 Å². The molecule has 194 valence electrons. The van der Waals surface area contributed by atoms with Crippen molar-refractivity contribution in [1.29, 1.82) is 0 Å². The van der Waals surface area contributed by atoms with E-state index in [0.29, 0.717) is 30.3 Å². The van der Waals surface area contributed by atoms with Crippen LogP contribution >= 0.6 is 11.6 Å². The average molecular weight is 535 g/mol. The highest BCUT2D eigenvalue weighted by molar-refractivity contribution is 6.32. The highest BCUT2D eigenvalue weighted by Gasteiger charge is 2.53. The van der Waals surface area contributed by atoms with E-state index in [1.165, 1.54) is 37.5 Å². The molecule has 9 nitrogen and oxygen atoms in total. The van der Waals surface area contributed by atoms with Gasteiger partial charge < -0.3 is 19.3 Å². The number of likely N-dealkylation sites (tertiary alicyclic amines) is 1. The van der Waals surface area contributed by atoms with Crippen molar-refractivity contribution in [2.75, 3.05) is 20.8 Å². The van der Waals surface area contributed by atoms with E-state index in [4.69, 9.17) is 21.1 Å². The molecule has 3 heterocycles. The lowest BCUT2D eigenvalue weighted by atomic mass is 9.85. The van der Waals surface area contributed by atoms with Gasteiger partial charge in [-0.2, -0.15) is 28.2 Å². The first kappa shape index (κ1) is 25.0. The number of aldehydes is 1. The molecule has 0 radical (unpaired) electrons. The van der Waals surface area contributed by atoms with Gasteiger partial charge in [-0.1, -0.05) is 23.8 Å². The normalized spacial score (nSPS) is 24.8. The van der Waals surface area contributed by atoms with E-state index in [9.17, 15) is 18.0 Å². The summed E-state index contributed by atoms with van der Waals surface area (Å²) < 4.78 is 51.3. The maximum absolute atomic E-state index is 13.4. The summed E-state index contributed by atoms with van der Waals surface area (Å²) in [6, 6.07) is 1.61. The third-order valence-corrected chi connectivity index (χ3v) is 6.97. The number of imidazole rings is 1. The Morgan fingerprint density at radius 2 is 1.92 bits per heavy atom. The Morgan fingerprint density at radius 3 is 2.54 bits per heavy atom. The lowest BCUT2D eigenvalue weighted by molar-refractivity contribution is -0.137. The molecule has 5 rings (SSSR count). The number of nitrogens with one attached hydrogen (secondary N) is 1. The molecule has 1 saturated heterocycles. The lowest BCUT2D eigenvalue weighted by Gasteiger charge is -2.45. The summed E-state index contributed by atoms with van der Waals surface area (Å²) in [6.45, 7) is 4.46. The van der Waals surface area contributed by atoms with Crippen LogP contribution in [0.1, 0.15) is 23.9 Å². The number of aromatic amines is 1. The van der Waals surface area contributed by atoms with Crippen molar-refractivity contribution >= 4 is 28.9 Å². The first-order valence-electron chi connectivity index (χ1n) is 11.2. The first-order valence-corrected chi connectivity index (χ1v) is 11.5. The van der Waals surface area contributed by atoms with Crippen LogP contribution in [0, 0.1) is 5.92 Å². The van der Waals surface area contributed by atoms with Gasteiger partial charge in [0.2, 0.25) is 0 Å². The van der Waals surface area contributed by atoms with E-state index in [1.807, 2.05) is 4.90 Å². The van der Waals surface area contributed by atoms with Crippen molar-refractivity contribution < 1.29 is 27.4 Å². The van der Waals surface area contributed by atoms with Crippen LogP contribution in [0.2, 0.25) is 5.02 Å². The van der Waals surface area contributed by atoms with Gasteiger partial charge in [0.15, 0.2) is 17.2 Å². The minimum Gasteiger partial charge on any atom is -0.493 e. The van der Waals surface area contributed by atoms with E-state index in [2.05, 4.69) is 26.7 Å². The number of hydrogen-bond acceptors (Lipinski definition) is 7. The SMILES string of the molecule is C=C1CC(c2nc3cc(Cl)c(C(F)(F)F)cc3[nH]2)N(C2(n3nccn3)C=C(OC)C(OC)=C[C@@H]2C=O)C1. The zero-order valence-electron chi connectivity index (χ0n) is 19.8. The molecule has 1 fully saturated rings. The zero-order chi connectivity index (χ0) is 26.5. The summed E-state index contributed by atoms with van der Waals surface area (Å²) in [5, 5.41) is 8.26. The molecule has 3 aromatic rings. The van der Waals surface area contributed by atoms with Gasteiger partial charge in [-0.05, 0) is 24.6 Å². The molecule has 2 aromatic heterocycles. The summed E-state index contributed by atoms with van der Waals surface area (Å²) >= 11 is 5.92. The van der Waals surface area contributed by atoms with Crippen LogP contribution in [-0.4, -0.2) is 56.9 Å². The Morgan fingerprint density at radius 1 is 1.22 bits per heavy atom. The summed E-state index contributed by atoms with van der Waals surface area (Å²) in [4.78, 5) is 23.4. The van der Waals surface area contributed by atoms with Crippen LogP contribution in [0.15, 0.2) is 60.3 Å². The molecule has 1 aromatic carbocycles. The van der Waals surface area contributed by atoms with Crippen LogP contribution in [0.3, 0.4) is 0 Å². The van der Waals surface area contributed by atoms with Crippen LogP contribution in [-0.2, 0) is 26.1 Å². The Balaban J connectivity index is 1.68. The van der Waals surface area contributed by atoms with Gasteiger partial charge in [-0.3, -0.25) is 4.90 Å². The minimum atomic E-state index is -4.62. The molecule has 37 heavy (non-hydrogen) atoms. The van der Waals surface area contributed by atoms with E-state index < -0.39 is 34.4 Å². The third kappa shape index (κ3) is 4.00. The second kappa shape index (κ2) is 9.03. The number of rotatable bonds is 6. The quantitative estimate of drug-likeness (QED) is 0.370. The Labute approximate surface area is 214 Å². The molecule has 3 atom stereocenters. The number of fused-ring (bicyclic) bond motifs is 1. The molecule has 1 aliphatic carbocycles. The van der Waals surface area contributed by atoms with Crippen molar-refractivity contribution in [2.45, 2.75) is 24.3 Å². The van der Waals surface area contributed by atoms with E-state index in [0.717, 1.165) is 17.9 Å². The van der Waals surface area contributed by atoms with Crippen molar-refractivity contribution in [1.82, 2.24) is 29.9 Å². The Kier molecular flexibility index (Phi) is 6.11. The van der Waals surface area contributed by atoms with Crippen LogP contribution in [0.4, 0.5) is 13.2 Å². The summed E-state index contributed by atoms with van der Waals surface area (Å²) in [6.07, 6.45) is 2.87. The zero-order valence-corrected chi connectivity index (χ0v) is 20.5. The number of aromatic nitrogens is 5. The van der Waals surface area contributed by atoms with E-state index in [1.54, 1.807) is 12.2 Å². The number of benzene rings is 1. The summed E-state index contributed by atoms with van der Waals surface area (Å²) in [5.41, 5.74) is -0.969. The van der Waals surface area contributed by atoms with Crippen LogP contribution < -0.4 is 0 Å². The number of hydrogen-bond donors (Lipinski definition) is 1. The maximum Gasteiger partial charge on any atom is 0.417 e. The Bertz CT molecular complexity index is 1430. The summed E-state index contributed by atoms with van der Waals surface area (Å²) in [5.74, 6) is 0.294. The fourth-order valence-electron chi connectivity index (χ4n) is 5.02. The molecule has 1 N–H and O–H groups in total. The number of nitrogens with zero attached hydrogens (tertiary/aromatic N) is 5. The van der Waals surface area contributed by atoms with E-state index in [-0.39, 0.29) is 11.0 Å². The average Bonchev–Trinajstić information content (AvgIpc) is 3.61. The fourth-order valence-corrected chi connectivity index (χ4v) is 5.29. The second-order valence-corrected chi connectivity index (χ2v) is 9.19. The fraction of sp³-hybridized carbons (Fsp3) is 0.333. The van der Waals surface area contributed by atoms with Gasteiger partial charge in [-0.25, -0.2) is 4.98 Å². The number of halogens is 4. The van der Waals surface area contributed by atoms with Crippen LogP contribution in [0.25, 0.3) is 11.0 Å². The molecular weight excluding hydrogens is 513 g/mol. The molecule has 0 bridgehead atoms. The molecular formula is C24H22ClF3N6O3. The largest absolute Gasteiger partial charge is 0.493 e. The predicted octanol–water partition coefficient (Wildman–Crippen LogP) is 4.37. The third-order valence-electron chi connectivity index (χ3n) is 6.66. The molecule has 0 amide bonds. The number of carbonyl (C=O) groups is 1. The predicted molar refractivity (Wildman–Crippen MR) is 127 cm³/mol. The maximum atomic E-state index is 13.4. The number of H-pyrrole nitrogens is 1. The number of carbonyl (C=O) groups excluding carboxylic acids is 1. The van der Waals surface area contributed by atoms with Gasteiger partial charge in [0.1, 0.15) is 12.1 Å². The van der Waals surface area contributed by atoms with Crippen molar-refractivity contribution in [3.63, 3.8) is 0 Å². The lowest BCUT2D eigenvalue weighted by Crippen LogP contribution is -2.56. The number of alkyl halides is 3. The minimum absolute atomic E-state index is 0.181. The topological polar surface area (TPSA) is 98.2 Å². The second-order valence-electron chi connectivity index (χ2n) is 8.78. The van der Waals surface area contributed by atoms with Gasteiger partial charge in [0, 0.05) is 12.6 Å². The molecule has 2 aliphatic rings. The summed E-state index contributed by atoms with van der Waals surface area (Å²) in [7, 11) is 2.94. The number of methoxy groups -OCH3 is 2. The first-order chi connectivity index (χ1) is 17.6. The van der Waals surface area contributed by atoms with Gasteiger partial charge >= 0.3 is 6.18 Å². The van der Waals surface area contributed by atoms with Crippen molar-refractivity contribution in [2.24, 2.45) is 5.92 Å². The van der Waals surface area contributed by atoms with Gasteiger partial charge in [-0.15, -0.1) is 0 Å². The highest BCUT2D eigenvalue weighted by Crippen LogP contribution is 2.48. The van der Waals surface area contributed by atoms with E-state index >= 15 is 0 Å². The molecule has 0 saturated carbocycles. The van der Waals surface area contributed by atoms with Gasteiger partial charge in [0.05, 0.1) is 60.2 Å². The molecule has 0 spiro atoms. The molecule has 1 aliphatic heterocycles. The molecule has 13 heteroatoms. The Hall–Kier alpha value is -3.64. The molecule has 2 unspecified atom stereocenters. The standard InChI is InChI=1S/C24H22ClF3N6O3/c1-13-6-19(22-31-17-8-15(24(26,27)28)16(25)9-18(17)32-22)33(11-13)23(34-29-4-5-30-34)10-21(37-3)20(36-2)7-14(23)12-35/h4-5,7-10,12,14,19H,1,6,11H2,2-3H3,(H,31,32)/t14-,19?,23?/m1/s1. The number of ether oxygens (including phenoxy) is 2.